The van der Waals surface area contributed by atoms with Gasteiger partial charge in [0.25, 0.3) is 0 Å². The van der Waals surface area contributed by atoms with Gasteiger partial charge in [-0.05, 0) is 31.5 Å². The molecule has 0 aromatic heterocycles. The lowest BCUT2D eigenvalue weighted by Gasteiger charge is -2.18. The summed E-state index contributed by atoms with van der Waals surface area (Å²) in [5.74, 6) is 0.213. The molecule has 0 fully saturated rings. The van der Waals surface area contributed by atoms with Crippen molar-refractivity contribution in [3.8, 4) is 0 Å². The first kappa shape index (κ1) is 14.3. The summed E-state index contributed by atoms with van der Waals surface area (Å²) in [4.78, 5) is 14.4. The van der Waals surface area contributed by atoms with Gasteiger partial charge in [0.05, 0.1) is 0 Å². The van der Waals surface area contributed by atoms with E-state index < -0.39 is 0 Å². The number of hydrogen-bond acceptors (Lipinski definition) is 2. The highest BCUT2D eigenvalue weighted by Gasteiger charge is 2.10. The third-order valence-electron chi connectivity index (χ3n) is 3.55. The SMILES string of the molecule is Cc1ccc(C(=O)CCN(C)c2ccccc2)c(C)c1. The molecule has 0 aliphatic carbocycles. The van der Waals surface area contributed by atoms with Crippen LogP contribution in [-0.4, -0.2) is 19.4 Å². The van der Waals surface area contributed by atoms with Gasteiger partial charge in [-0.25, -0.2) is 0 Å². The van der Waals surface area contributed by atoms with E-state index in [1.807, 2.05) is 51.2 Å². The Morgan fingerprint density at radius 1 is 1.05 bits per heavy atom. The van der Waals surface area contributed by atoms with Crippen LogP contribution in [0.25, 0.3) is 0 Å². The summed E-state index contributed by atoms with van der Waals surface area (Å²) >= 11 is 0. The Kier molecular flexibility index (Phi) is 4.57. The van der Waals surface area contributed by atoms with Crippen LogP contribution < -0.4 is 4.90 Å². The van der Waals surface area contributed by atoms with Crippen LogP contribution in [0.15, 0.2) is 48.5 Å². The van der Waals surface area contributed by atoms with Crippen LogP contribution in [0, 0.1) is 13.8 Å². The average Bonchev–Trinajstić information content (AvgIpc) is 2.45. The maximum Gasteiger partial charge on any atom is 0.164 e. The topological polar surface area (TPSA) is 20.3 Å². The van der Waals surface area contributed by atoms with Gasteiger partial charge in [-0.15, -0.1) is 0 Å². The van der Waals surface area contributed by atoms with Gasteiger partial charge in [0.15, 0.2) is 5.78 Å². The molecule has 0 unspecified atom stereocenters. The lowest BCUT2D eigenvalue weighted by molar-refractivity contribution is 0.0984. The summed E-state index contributed by atoms with van der Waals surface area (Å²) in [5.41, 5.74) is 4.25. The first-order valence-corrected chi connectivity index (χ1v) is 6.94. The second kappa shape index (κ2) is 6.38. The molecule has 0 N–H and O–H groups in total. The summed E-state index contributed by atoms with van der Waals surface area (Å²) in [6.07, 6.45) is 0.537. The summed E-state index contributed by atoms with van der Waals surface area (Å²) in [7, 11) is 2.02. The Morgan fingerprint density at radius 2 is 1.75 bits per heavy atom. The molecule has 104 valence electrons. The number of anilines is 1. The van der Waals surface area contributed by atoms with Crippen molar-refractivity contribution in [3.05, 3.63) is 65.2 Å². The Balaban J connectivity index is 1.99. The van der Waals surface area contributed by atoms with Crippen molar-refractivity contribution in [3.63, 3.8) is 0 Å². The monoisotopic (exact) mass is 267 g/mol. The van der Waals surface area contributed by atoms with Crippen molar-refractivity contribution >= 4 is 11.5 Å². The molecule has 0 saturated heterocycles. The fourth-order valence-electron chi connectivity index (χ4n) is 2.34. The minimum Gasteiger partial charge on any atom is -0.374 e. The zero-order valence-corrected chi connectivity index (χ0v) is 12.4. The molecule has 0 radical (unpaired) electrons. The zero-order valence-electron chi connectivity index (χ0n) is 12.4. The van der Waals surface area contributed by atoms with E-state index in [0.29, 0.717) is 6.42 Å². The normalized spacial score (nSPS) is 10.3. The number of para-hydroxylation sites is 1. The highest BCUT2D eigenvalue weighted by molar-refractivity contribution is 5.97. The van der Waals surface area contributed by atoms with Crippen LogP contribution in [-0.2, 0) is 0 Å². The quantitative estimate of drug-likeness (QED) is 0.763. The maximum absolute atomic E-state index is 12.3. The smallest absolute Gasteiger partial charge is 0.164 e. The number of hydrogen-bond donors (Lipinski definition) is 0. The number of carbonyl (C=O) groups is 1. The Bertz CT molecular complexity index is 590. The number of nitrogens with zero attached hydrogens (tertiary/aromatic N) is 1. The molecule has 2 aromatic carbocycles. The predicted octanol–water partition coefficient (Wildman–Crippen LogP) is 4.01. The summed E-state index contributed by atoms with van der Waals surface area (Å²) in [6.45, 7) is 4.78. The van der Waals surface area contributed by atoms with Crippen molar-refractivity contribution in [2.45, 2.75) is 20.3 Å². The largest absolute Gasteiger partial charge is 0.374 e. The molecule has 0 bridgehead atoms. The number of benzene rings is 2. The van der Waals surface area contributed by atoms with Crippen LogP contribution in [0.5, 0.6) is 0 Å². The van der Waals surface area contributed by atoms with E-state index >= 15 is 0 Å². The number of aryl methyl sites for hydroxylation is 2. The van der Waals surface area contributed by atoms with Gasteiger partial charge in [0.1, 0.15) is 0 Å². The van der Waals surface area contributed by atoms with Crippen LogP contribution in [0.4, 0.5) is 5.69 Å². The van der Waals surface area contributed by atoms with Gasteiger partial charge in [0.2, 0.25) is 0 Å². The third-order valence-corrected chi connectivity index (χ3v) is 3.55. The number of rotatable bonds is 5. The van der Waals surface area contributed by atoms with E-state index in [2.05, 4.69) is 23.1 Å². The van der Waals surface area contributed by atoms with Crippen molar-refractivity contribution in [2.24, 2.45) is 0 Å². The molecule has 0 amide bonds. The lowest BCUT2D eigenvalue weighted by Crippen LogP contribution is -2.21. The Hall–Kier alpha value is -2.09. The molecule has 2 nitrogen and oxygen atoms in total. The first-order valence-electron chi connectivity index (χ1n) is 6.94. The highest BCUT2D eigenvalue weighted by atomic mass is 16.1. The molecule has 0 aliphatic heterocycles. The van der Waals surface area contributed by atoms with Crippen LogP contribution >= 0.6 is 0 Å². The fraction of sp³-hybridized carbons (Fsp3) is 0.278. The van der Waals surface area contributed by atoms with Gasteiger partial charge in [0, 0.05) is 31.3 Å². The fourth-order valence-corrected chi connectivity index (χ4v) is 2.34. The molecule has 2 heteroatoms. The molecular weight excluding hydrogens is 246 g/mol. The standard InChI is InChI=1S/C18H21NO/c1-14-9-10-17(15(2)13-14)18(20)11-12-19(3)16-7-5-4-6-8-16/h4-10,13H,11-12H2,1-3H3. The molecule has 0 saturated carbocycles. The molecular formula is C18H21NO. The lowest BCUT2D eigenvalue weighted by atomic mass is 10.0. The van der Waals surface area contributed by atoms with E-state index in [-0.39, 0.29) is 5.78 Å². The molecule has 0 spiro atoms. The van der Waals surface area contributed by atoms with Crippen LogP contribution in [0.3, 0.4) is 0 Å². The van der Waals surface area contributed by atoms with Gasteiger partial charge in [-0.3, -0.25) is 4.79 Å². The van der Waals surface area contributed by atoms with E-state index in [9.17, 15) is 4.79 Å². The number of carbonyl (C=O) groups excluding carboxylic acids is 1. The van der Waals surface area contributed by atoms with E-state index in [4.69, 9.17) is 0 Å². The van der Waals surface area contributed by atoms with Gasteiger partial charge in [-0.1, -0.05) is 42.0 Å². The molecule has 2 aromatic rings. The molecule has 2 rings (SSSR count). The summed E-state index contributed by atoms with van der Waals surface area (Å²) in [6, 6.07) is 16.1. The number of ketones is 1. The summed E-state index contributed by atoms with van der Waals surface area (Å²) < 4.78 is 0. The first-order chi connectivity index (χ1) is 9.58. The van der Waals surface area contributed by atoms with Crippen molar-refractivity contribution in [1.82, 2.24) is 0 Å². The van der Waals surface area contributed by atoms with Gasteiger partial charge in [-0.2, -0.15) is 0 Å². The van der Waals surface area contributed by atoms with Crippen molar-refractivity contribution < 1.29 is 4.79 Å². The number of Topliss-reactive ketones (excluding diaryl/α,β-unsaturated/α-hetero) is 1. The minimum atomic E-state index is 0.213. The van der Waals surface area contributed by atoms with Crippen LogP contribution in [0.1, 0.15) is 27.9 Å². The maximum atomic E-state index is 12.3. The van der Waals surface area contributed by atoms with Crippen molar-refractivity contribution in [2.75, 3.05) is 18.5 Å². The molecule has 20 heavy (non-hydrogen) atoms. The van der Waals surface area contributed by atoms with E-state index in [1.165, 1.54) is 5.56 Å². The molecule has 0 heterocycles. The second-order valence-corrected chi connectivity index (χ2v) is 5.25. The molecule has 0 aliphatic rings. The molecule has 0 atom stereocenters. The predicted molar refractivity (Wildman–Crippen MR) is 84.6 cm³/mol. The summed E-state index contributed by atoms with van der Waals surface area (Å²) in [5, 5.41) is 0. The van der Waals surface area contributed by atoms with E-state index in [1.54, 1.807) is 0 Å². The average molecular weight is 267 g/mol. The van der Waals surface area contributed by atoms with Crippen molar-refractivity contribution in [1.29, 1.82) is 0 Å². The van der Waals surface area contributed by atoms with E-state index in [0.717, 1.165) is 23.4 Å². The Morgan fingerprint density at radius 3 is 2.40 bits per heavy atom. The van der Waals surface area contributed by atoms with Gasteiger partial charge >= 0.3 is 0 Å². The highest BCUT2D eigenvalue weighted by Crippen LogP contribution is 2.15. The Labute approximate surface area is 121 Å². The minimum absolute atomic E-state index is 0.213. The van der Waals surface area contributed by atoms with Crippen LogP contribution in [0.2, 0.25) is 0 Å². The van der Waals surface area contributed by atoms with Gasteiger partial charge < -0.3 is 4.90 Å². The third kappa shape index (κ3) is 3.47. The second-order valence-electron chi connectivity index (χ2n) is 5.25. The zero-order chi connectivity index (χ0) is 14.5.